The summed E-state index contributed by atoms with van der Waals surface area (Å²) in [4.78, 5) is 32.0. The van der Waals surface area contributed by atoms with Crippen LogP contribution >= 0.6 is 11.6 Å². The monoisotopic (exact) mass is 742 g/mol. The second kappa shape index (κ2) is 14.2. The fourth-order valence-electron chi connectivity index (χ4n) is 7.48. The molecule has 5 heterocycles. The van der Waals surface area contributed by atoms with Gasteiger partial charge in [-0.05, 0) is 31.9 Å². The zero-order chi connectivity index (χ0) is 36.8. The quantitative estimate of drug-likeness (QED) is 0.175. The number of carbonyl (C=O) groups excluding carboxylic acids is 1. The van der Waals surface area contributed by atoms with E-state index in [0.717, 1.165) is 25.5 Å². The number of nitrogen functional groups attached to an aromatic ring is 1. The zero-order valence-corrected chi connectivity index (χ0v) is 29.2. The second-order valence-corrected chi connectivity index (χ2v) is 13.8. The molecule has 3 atom stereocenters. The number of ether oxygens (including phenoxy) is 3. The number of likely N-dealkylation sites (N-methyl/N-ethyl adjacent to an activating group) is 1. The highest BCUT2D eigenvalue weighted by molar-refractivity contribution is 6.31. The lowest BCUT2D eigenvalue weighted by atomic mass is 9.93. The number of aliphatic imine (C=N–C) groups is 1. The molecule has 51 heavy (non-hydrogen) atoms. The summed E-state index contributed by atoms with van der Waals surface area (Å²) in [5.74, 6) is -1.33. The molecule has 2 fully saturated rings. The van der Waals surface area contributed by atoms with E-state index in [4.69, 9.17) is 42.3 Å². The molecule has 1 unspecified atom stereocenters. The van der Waals surface area contributed by atoms with Crippen molar-refractivity contribution < 1.29 is 41.0 Å². The van der Waals surface area contributed by atoms with Crippen molar-refractivity contribution in [1.82, 2.24) is 19.8 Å². The lowest BCUT2D eigenvalue weighted by Gasteiger charge is -2.33. The average Bonchev–Trinajstić information content (AvgIpc) is 3.48. The van der Waals surface area contributed by atoms with Gasteiger partial charge in [0.15, 0.2) is 11.6 Å². The van der Waals surface area contributed by atoms with Gasteiger partial charge in [-0.2, -0.15) is 23.1 Å². The van der Waals surface area contributed by atoms with Gasteiger partial charge >= 0.3 is 12.2 Å². The van der Waals surface area contributed by atoms with E-state index < -0.39 is 57.6 Å². The molecule has 0 saturated carbocycles. The Labute approximate surface area is 296 Å². The fraction of sp³-hybridized carbons (Fsp3) is 0.576. The molecule has 18 heteroatoms. The number of carbonyl (C=O) groups is 1. The summed E-state index contributed by atoms with van der Waals surface area (Å²) >= 11 is 5.98. The minimum Gasteiger partial charge on any atom is -0.492 e. The van der Waals surface area contributed by atoms with Gasteiger partial charge in [-0.15, -0.1) is 0 Å². The van der Waals surface area contributed by atoms with Crippen LogP contribution in [0.5, 0.6) is 6.01 Å². The molecule has 2 saturated heterocycles. The number of hydrogen-bond acceptors (Lipinski definition) is 11. The molecular formula is C33H40ClF5N8O4. The second-order valence-electron chi connectivity index (χ2n) is 13.4. The molecule has 6 rings (SSSR count). The van der Waals surface area contributed by atoms with Crippen LogP contribution in [0.2, 0.25) is 5.02 Å². The fourth-order valence-corrected chi connectivity index (χ4v) is 7.80. The summed E-state index contributed by atoms with van der Waals surface area (Å²) in [6.07, 6.45) is -5.32. The number of nitrogens with zero attached hydrogens (tertiary/aromatic N) is 6. The predicted octanol–water partition coefficient (Wildman–Crippen LogP) is 4.20. The van der Waals surface area contributed by atoms with Crippen molar-refractivity contribution in [3.63, 3.8) is 0 Å². The third kappa shape index (κ3) is 7.11. The molecule has 0 spiro atoms. The molecule has 0 bridgehead atoms. The van der Waals surface area contributed by atoms with Crippen molar-refractivity contribution >= 4 is 34.7 Å². The minimum atomic E-state index is -5.01. The molecule has 0 radical (unpaired) electrons. The van der Waals surface area contributed by atoms with Gasteiger partial charge in [0.25, 0.3) is 5.91 Å². The zero-order valence-electron chi connectivity index (χ0n) is 28.5. The van der Waals surface area contributed by atoms with E-state index in [-0.39, 0.29) is 49.3 Å². The molecule has 1 amide bonds. The van der Waals surface area contributed by atoms with Gasteiger partial charge in [-0.25, -0.2) is 8.78 Å². The molecule has 4 aliphatic rings. The number of aromatic nitrogens is 2. The Bertz CT molecular complexity index is 1760. The van der Waals surface area contributed by atoms with Crippen LogP contribution in [0.25, 0.3) is 0 Å². The van der Waals surface area contributed by atoms with Crippen molar-refractivity contribution in [2.75, 3.05) is 71.2 Å². The molecule has 0 aliphatic carbocycles. The first-order chi connectivity index (χ1) is 24.1. The summed E-state index contributed by atoms with van der Waals surface area (Å²) in [6.45, 7) is 1.70. The van der Waals surface area contributed by atoms with Gasteiger partial charge in [-0.1, -0.05) is 11.6 Å². The Kier molecular flexibility index (Phi) is 10.3. The van der Waals surface area contributed by atoms with Crippen molar-refractivity contribution in [1.29, 1.82) is 0 Å². The first-order valence-electron chi connectivity index (χ1n) is 16.6. The van der Waals surface area contributed by atoms with E-state index in [0.29, 0.717) is 49.6 Å². The molecule has 2 aromatic rings. The highest BCUT2D eigenvalue weighted by Crippen LogP contribution is 2.46. The highest BCUT2D eigenvalue weighted by Gasteiger charge is 2.49. The number of benzene rings is 1. The normalized spacial score (nSPS) is 24.3. The Morgan fingerprint density at radius 1 is 1.24 bits per heavy atom. The number of nitrogens with two attached hydrogens (primary N) is 2. The van der Waals surface area contributed by atoms with Crippen molar-refractivity contribution in [2.45, 2.75) is 62.7 Å². The molecule has 278 valence electrons. The third-order valence-corrected chi connectivity index (χ3v) is 10.1. The van der Waals surface area contributed by atoms with E-state index in [1.807, 2.05) is 4.90 Å². The number of halogens is 6. The summed E-state index contributed by atoms with van der Waals surface area (Å²) in [6, 6.07) is 0.644. The highest BCUT2D eigenvalue weighted by atomic mass is 35.5. The lowest BCUT2D eigenvalue weighted by molar-refractivity contribution is -0.140. The van der Waals surface area contributed by atoms with Crippen LogP contribution in [0.3, 0.4) is 0 Å². The number of alkyl halides is 4. The number of fused-ring (bicyclic) bond motifs is 2. The van der Waals surface area contributed by atoms with Gasteiger partial charge in [0, 0.05) is 57.7 Å². The van der Waals surface area contributed by atoms with Crippen LogP contribution in [-0.2, 0) is 33.5 Å². The topological polar surface area (TPSA) is 145 Å². The van der Waals surface area contributed by atoms with Crippen molar-refractivity contribution in [2.24, 2.45) is 10.7 Å². The first kappa shape index (κ1) is 36.8. The van der Waals surface area contributed by atoms with E-state index in [1.54, 1.807) is 14.1 Å². The van der Waals surface area contributed by atoms with E-state index in [2.05, 4.69) is 14.9 Å². The van der Waals surface area contributed by atoms with E-state index in [9.17, 15) is 22.4 Å². The third-order valence-electron chi connectivity index (χ3n) is 9.85. The largest absolute Gasteiger partial charge is 0.492 e. The summed E-state index contributed by atoms with van der Waals surface area (Å²) in [5.41, 5.74) is 9.58. The van der Waals surface area contributed by atoms with Crippen LogP contribution in [0.15, 0.2) is 22.5 Å². The summed E-state index contributed by atoms with van der Waals surface area (Å²) in [7, 11) is 4.48. The maximum atomic E-state index is 15.5. The smallest absolute Gasteiger partial charge is 0.418 e. The number of anilines is 2. The lowest BCUT2D eigenvalue weighted by Crippen LogP contribution is -2.43. The SMILES string of the molecule is COC(C1=NCCCN(c2nc(OC[C@@]34CCCN3C[C@H](F)C4)nc3c2COC(c2c(F)c(N)cc(Cl)c2C(F)(F)F)C3)C1)=C(N)C(=O)N(C)C. The average molecular weight is 743 g/mol. The number of hydrogen-bond donors (Lipinski definition) is 2. The van der Waals surface area contributed by atoms with E-state index >= 15 is 4.39 Å². The molecule has 4 N–H and O–H groups in total. The number of amides is 1. The van der Waals surface area contributed by atoms with E-state index in [1.165, 1.54) is 12.0 Å². The summed E-state index contributed by atoms with van der Waals surface area (Å²) in [5, 5.41) is -0.758. The first-order valence-corrected chi connectivity index (χ1v) is 16.9. The van der Waals surface area contributed by atoms with Crippen LogP contribution in [0.1, 0.15) is 54.2 Å². The molecule has 4 aliphatic heterocycles. The number of methoxy groups -OCH3 is 1. The van der Waals surface area contributed by atoms with Gasteiger partial charge in [0.1, 0.15) is 24.3 Å². The number of rotatable bonds is 8. The van der Waals surface area contributed by atoms with Crippen LogP contribution in [0.4, 0.5) is 33.5 Å². The Morgan fingerprint density at radius 3 is 2.71 bits per heavy atom. The van der Waals surface area contributed by atoms with Crippen molar-refractivity contribution in [3.8, 4) is 6.01 Å². The molecule has 1 aromatic carbocycles. The Morgan fingerprint density at radius 2 is 2.00 bits per heavy atom. The van der Waals surface area contributed by atoms with Gasteiger partial charge in [-0.3, -0.25) is 14.7 Å². The predicted molar refractivity (Wildman–Crippen MR) is 179 cm³/mol. The Hall–Kier alpha value is -3.96. The van der Waals surface area contributed by atoms with Crippen molar-refractivity contribution in [3.05, 3.63) is 50.7 Å². The summed E-state index contributed by atoms with van der Waals surface area (Å²) < 4.78 is 90.5. The van der Waals surface area contributed by atoms with Crippen LogP contribution < -0.4 is 21.1 Å². The van der Waals surface area contributed by atoms with Gasteiger partial charge in [0.05, 0.1) is 59.6 Å². The maximum absolute atomic E-state index is 15.5. The van der Waals surface area contributed by atoms with Gasteiger partial charge < -0.3 is 35.5 Å². The minimum absolute atomic E-state index is 0.0792. The van der Waals surface area contributed by atoms with Gasteiger partial charge in [0.2, 0.25) is 0 Å². The maximum Gasteiger partial charge on any atom is 0.418 e. The Balaban J connectivity index is 1.41. The van der Waals surface area contributed by atoms with Crippen LogP contribution in [-0.4, -0.2) is 104 Å². The van der Waals surface area contributed by atoms with Crippen LogP contribution in [0, 0.1) is 5.82 Å². The molecular weight excluding hydrogens is 703 g/mol. The molecule has 12 nitrogen and oxygen atoms in total. The molecule has 1 aromatic heterocycles. The standard InChI is InChI=1S/C33H40ClF5N8O4/c1-45(2)30(48)27(41)28(49-3)22-14-46(8-5-7-42-22)29-18-15-50-23(24-25(33(37,38)39)19(34)10-20(40)26(24)36)11-21(18)43-31(44-29)51-16-32-6-4-9-47(32)13-17(35)12-32/h10,17,23H,4-9,11-16,40-41H2,1-3H3/t17-,23?,32+/m1/s1.